The Morgan fingerprint density at radius 1 is 1.20 bits per heavy atom. The van der Waals surface area contributed by atoms with Gasteiger partial charge >= 0.3 is 0 Å². The van der Waals surface area contributed by atoms with Crippen molar-refractivity contribution in [3.8, 4) is 0 Å². The minimum absolute atomic E-state index is 0.0584. The van der Waals surface area contributed by atoms with Gasteiger partial charge in [0, 0.05) is 53.4 Å². The lowest BCUT2D eigenvalue weighted by molar-refractivity contribution is 0.0773. The number of hydrogen-bond acceptors (Lipinski definition) is 3. The van der Waals surface area contributed by atoms with Gasteiger partial charge in [-0.25, -0.2) is 0 Å². The summed E-state index contributed by atoms with van der Waals surface area (Å²) in [5, 5.41) is 15.5. The Bertz CT molecular complexity index is 997. The Hall–Kier alpha value is -2.34. The molecule has 1 aromatic heterocycles. The fourth-order valence-corrected chi connectivity index (χ4v) is 3.93. The highest BCUT2D eigenvalue weighted by Gasteiger charge is 2.15. The van der Waals surface area contributed by atoms with E-state index in [4.69, 9.17) is 11.6 Å². The number of hydrogen-bond donors (Lipinski definition) is 3. The second-order valence-corrected chi connectivity index (χ2v) is 8.07. The van der Waals surface area contributed by atoms with E-state index in [1.54, 1.807) is 12.1 Å². The zero-order chi connectivity index (χ0) is 21.7. The Balaban J connectivity index is 1.63. The zero-order valence-electron chi connectivity index (χ0n) is 17.8. The lowest BCUT2D eigenvalue weighted by Crippen LogP contribution is -2.32. The van der Waals surface area contributed by atoms with Crippen LogP contribution in [0.25, 0.3) is 10.9 Å². The molecule has 0 saturated carbocycles. The molecule has 3 N–H and O–H groups in total. The van der Waals surface area contributed by atoms with Crippen molar-refractivity contribution in [1.82, 2.24) is 15.2 Å². The zero-order valence-corrected chi connectivity index (χ0v) is 18.5. The van der Waals surface area contributed by atoms with Crippen LogP contribution in [-0.4, -0.2) is 46.6 Å². The van der Waals surface area contributed by atoms with Gasteiger partial charge in [0.2, 0.25) is 0 Å². The molecule has 0 aliphatic heterocycles. The topological polar surface area (TPSA) is 68.4 Å². The Morgan fingerprint density at radius 3 is 2.67 bits per heavy atom. The summed E-state index contributed by atoms with van der Waals surface area (Å²) in [6, 6.07) is 13.3. The molecule has 2 atom stereocenters. The van der Waals surface area contributed by atoms with Gasteiger partial charge in [0.25, 0.3) is 5.91 Å². The van der Waals surface area contributed by atoms with Gasteiger partial charge in [-0.15, -0.1) is 0 Å². The lowest BCUT2D eigenvalue weighted by atomic mass is 10.0. The van der Waals surface area contributed by atoms with Gasteiger partial charge in [-0.1, -0.05) is 29.8 Å². The van der Waals surface area contributed by atoms with Gasteiger partial charge in [-0.05, 0) is 62.6 Å². The van der Waals surface area contributed by atoms with Crippen molar-refractivity contribution in [2.24, 2.45) is 0 Å². The highest BCUT2D eigenvalue weighted by atomic mass is 35.5. The molecule has 0 spiro atoms. The van der Waals surface area contributed by atoms with E-state index in [1.807, 2.05) is 55.3 Å². The van der Waals surface area contributed by atoms with E-state index in [2.05, 4.69) is 17.2 Å². The number of benzene rings is 2. The summed E-state index contributed by atoms with van der Waals surface area (Å²) in [7, 11) is 0. The number of aliphatic hydroxyl groups is 1. The number of carbonyl (C=O) groups excluding carboxylic acids is 1. The molecule has 30 heavy (non-hydrogen) atoms. The molecule has 5 nitrogen and oxygen atoms in total. The van der Waals surface area contributed by atoms with Gasteiger partial charge in [-0.2, -0.15) is 0 Å². The van der Waals surface area contributed by atoms with Gasteiger partial charge < -0.3 is 20.3 Å². The second kappa shape index (κ2) is 10.1. The number of nitrogens with zero attached hydrogens (tertiary/aromatic N) is 1. The predicted octanol–water partition coefficient (Wildman–Crippen LogP) is 4.56. The number of nitrogens with one attached hydrogen (secondary N) is 2. The lowest BCUT2D eigenvalue weighted by Gasteiger charge is -2.19. The van der Waals surface area contributed by atoms with Crippen LogP contribution < -0.4 is 5.32 Å². The van der Waals surface area contributed by atoms with E-state index >= 15 is 0 Å². The highest BCUT2D eigenvalue weighted by Crippen LogP contribution is 2.22. The second-order valence-electron chi connectivity index (χ2n) is 7.64. The number of rotatable bonds is 9. The third-order valence-electron chi connectivity index (χ3n) is 5.48. The highest BCUT2D eigenvalue weighted by molar-refractivity contribution is 6.30. The predicted molar refractivity (Wildman–Crippen MR) is 123 cm³/mol. The molecule has 3 aromatic rings. The van der Waals surface area contributed by atoms with E-state index < -0.39 is 6.10 Å². The third-order valence-corrected chi connectivity index (χ3v) is 5.72. The number of aliphatic hydroxyl groups excluding tert-OH is 1. The first-order chi connectivity index (χ1) is 14.4. The average molecular weight is 428 g/mol. The van der Waals surface area contributed by atoms with Crippen LogP contribution in [0.3, 0.4) is 0 Å². The maximum atomic E-state index is 12.6. The van der Waals surface area contributed by atoms with E-state index in [9.17, 15) is 9.90 Å². The fraction of sp³-hybridized carbons (Fsp3) is 0.375. The van der Waals surface area contributed by atoms with Crippen LogP contribution in [0.2, 0.25) is 5.02 Å². The molecule has 0 aliphatic rings. The van der Waals surface area contributed by atoms with E-state index in [-0.39, 0.29) is 11.9 Å². The molecule has 2 aromatic carbocycles. The first kappa shape index (κ1) is 22.3. The summed E-state index contributed by atoms with van der Waals surface area (Å²) < 4.78 is 0. The van der Waals surface area contributed by atoms with Crippen molar-refractivity contribution in [3.05, 3.63) is 70.4 Å². The summed E-state index contributed by atoms with van der Waals surface area (Å²) in [4.78, 5) is 17.7. The smallest absolute Gasteiger partial charge is 0.253 e. The van der Waals surface area contributed by atoms with Crippen molar-refractivity contribution in [2.45, 2.75) is 39.3 Å². The number of amides is 1. The van der Waals surface area contributed by atoms with E-state index in [0.717, 1.165) is 22.9 Å². The van der Waals surface area contributed by atoms with Gasteiger partial charge in [0.15, 0.2) is 0 Å². The van der Waals surface area contributed by atoms with Crippen molar-refractivity contribution < 1.29 is 9.90 Å². The molecule has 0 fully saturated rings. The fourth-order valence-electron chi connectivity index (χ4n) is 3.73. The third kappa shape index (κ3) is 5.22. The van der Waals surface area contributed by atoms with Crippen LogP contribution in [0.15, 0.2) is 48.7 Å². The van der Waals surface area contributed by atoms with Gasteiger partial charge in [-0.3, -0.25) is 4.79 Å². The molecule has 160 valence electrons. The molecular weight excluding hydrogens is 398 g/mol. The standard InChI is InChI=1S/C24H30ClN3O2/c1-4-28(5-2)24(30)18-9-10-21-19(14-27-22(21)13-18)11-16(3)26-15-23(29)17-7-6-8-20(25)12-17/h6-10,12-14,16,23,26-27,29H,4-5,11,15H2,1-3H3/t16-,23+/m1/s1. The number of aromatic amines is 1. The molecule has 0 bridgehead atoms. The number of halogens is 1. The molecule has 3 rings (SSSR count). The van der Waals surface area contributed by atoms with Crippen LogP contribution in [0, 0.1) is 0 Å². The normalized spacial score (nSPS) is 13.4. The quantitative estimate of drug-likeness (QED) is 0.469. The molecular formula is C24H30ClN3O2. The Morgan fingerprint density at radius 2 is 1.97 bits per heavy atom. The van der Waals surface area contributed by atoms with E-state index in [0.29, 0.717) is 30.2 Å². The number of H-pyrrole nitrogens is 1. The van der Waals surface area contributed by atoms with Crippen molar-refractivity contribution >= 4 is 28.4 Å². The molecule has 1 heterocycles. The Kier molecular flexibility index (Phi) is 7.53. The molecule has 0 aliphatic carbocycles. The maximum absolute atomic E-state index is 12.6. The Labute approximate surface area is 183 Å². The molecule has 6 heteroatoms. The van der Waals surface area contributed by atoms with Crippen molar-refractivity contribution in [3.63, 3.8) is 0 Å². The largest absolute Gasteiger partial charge is 0.387 e. The van der Waals surface area contributed by atoms with E-state index in [1.165, 1.54) is 5.56 Å². The van der Waals surface area contributed by atoms with Crippen molar-refractivity contribution in [2.75, 3.05) is 19.6 Å². The molecule has 0 unspecified atom stereocenters. The molecule has 0 saturated heterocycles. The average Bonchev–Trinajstić information content (AvgIpc) is 3.14. The summed E-state index contributed by atoms with van der Waals surface area (Å²) in [5.74, 6) is 0.0584. The molecule has 1 amide bonds. The van der Waals surface area contributed by atoms with Crippen LogP contribution in [-0.2, 0) is 6.42 Å². The maximum Gasteiger partial charge on any atom is 0.253 e. The monoisotopic (exact) mass is 427 g/mol. The minimum Gasteiger partial charge on any atom is -0.387 e. The minimum atomic E-state index is -0.609. The summed E-state index contributed by atoms with van der Waals surface area (Å²) in [6.07, 6.45) is 2.20. The van der Waals surface area contributed by atoms with Gasteiger partial charge in [0.05, 0.1) is 6.10 Å². The molecule has 0 radical (unpaired) electrons. The first-order valence-corrected chi connectivity index (χ1v) is 10.9. The first-order valence-electron chi connectivity index (χ1n) is 10.5. The van der Waals surface area contributed by atoms with Crippen LogP contribution in [0.4, 0.5) is 0 Å². The summed E-state index contributed by atoms with van der Waals surface area (Å²) in [5.41, 5.74) is 3.66. The number of fused-ring (bicyclic) bond motifs is 1. The van der Waals surface area contributed by atoms with Crippen LogP contribution >= 0.6 is 11.6 Å². The van der Waals surface area contributed by atoms with Crippen LogP contribution in [0.1, 0.15) is 48.4 Å². The van der Waals surface area contributed by atoms with Crippen molar-refractivity contribution in [1.29, 1.82) is 0 Å². The summed E-state index contributed by atoms with van der Waals surface area (Å²) >= 11 is 6.01. The summed E-state index contributed by atoms with van der Waals surface area (Å²) in [6.45, 7) is 7.93. The number of carbonyl (C=O) groups is 1. The number of aromatic nitrogens is 1. The van der Waals surface area contributed by atoms with Gasteiger partial charge in [0.1, 0.15) is 0 Å². The van der Waals surface area contributed by atoms with Crippen LogP contribution in [0.5, 0.6) is 0 Å². The SMILES string of the molecule is CCN(CC)C(=O)c1ccc2c(C[C@@H](C)NC[C@H](O)c3cccc(Cl)c3)c[nH]c2c1.